The lowest BCUT2D eigenvalue weighted by atomic mass is 10.0. The molecule has 0 bridgehead atoms. The summed E-state index contributed by atoms with van der Waals surface area (Å²) in [7, 11) is 2.11. The summed E-state index contributed by atoms with van der Waals surface area (Å²) in [6.45, 7) is 5.55. The lowest BCUT2D eigenvalue weighted by Gasteiger charge is -2.13. The summed E-state index contributed by atoms with van der Waals surface area (Å²) in [4.78, 5) is 23.0. The summed E-state index contributed by atoms with van der Waals surface area (Å²) in [5, 5.41) is 6.41. The van der Waals surface area contributed by atoms with Crippen LogP contribution in [-0.2, 0) is 4.79 Å². The van der Waals surface area contributed by atoms with Crippen molar-refractivity contribution in [2.45, 2.75) is 6.42 Å². The summed E-state index contributed by atoms with van der Waals surface area (Å²) in [5.41, 5.74) is 2.01. The van der Waals surface area contributed by atoms with Crippen molar-refractivity contribution < 1.29 is 9.18 Å². The van der Waals surface area contributed by atoms with E-state index in [-0.39, 0.29) is 22.0 Å². The number of carbonyl (C=O) groups is 1. The zero-order chi connectivity index (χ0) is 23.2. The average Bonchev–Trinajstić information content (AvgIpc) is 3.36. The largest absolute Gasteiger partial charge is 0.337 e. The second kappa shape index (κ2) is 8.14. The maximum atomic E-state index is 14.4. The monoisotopic (exact) mass is 461 g/mol. The van der Waals surface area contributed by atoms with E-state index in [4.69, 9.17) is 11.6 Å². The number of amides is 1. The quantitative estimate of drug-likeness (QED) is 0.439. The standard InChI is InChI=1S/C25H21ClFN5O/c1-3-22(33)30-20-10-17-21(9-15(20)7-8-25-11-16(25)12-32(2)13-25)28-14-29-24(17)31-19-6-4-5-18(26)23(19)27/h3-6,9-10,14,16H,1,11-13H2,2H3,(H,30,33)(H,28,29,31). The number of likely N-dealkylation sites (tertiary alicyclic amines) is 1. The first-order valence-electron chi connectivity index (χ1n) is 10.5. The molecule has 1 amide bonds. The Bertz CT molecular complexity index is 1360. The van der Waals surface area contributed by atoms with Gasteiger partial charge in [0.15, 0.2) is 5.82 Å². The van der Waals surface area contributed by atoms with Crippen LogP contribution in [0.5, 0.6) is 0 Å². The van der Waals surface area contributed by atoms with E-state index >= 15 is 0 Å². The zero-order valence-electron chi connectivity index (χ0n) is 18.0. The van der Waals surface area contributed by atoms with E-state index in [9.17, 15) is 9.18 Å². The van der Waals surface area contributed by atoms with E-state index in [2.05, 4.69) is 51.0 Å². The Balaban J connectivity index is 1.57. The molecule has 1 aromatic heterocycles. The predicted molar refractivity (Wildman–Crippen MR) is 128 cm³/mol. The number of halogens is 2. The highest BCUT2D eigenvalue weighted by atomic mass is 35.5. The zero-order valence-corrected chi connectivity index (χ0v) is 18.7. The van der Waals surface area contributed by atoms with E-state index < -0.39 is 5.82 Å². The highest BCUT2D eigenvalue weighted by molar-refractivity contribution is 6.31. The molecule has 3 aromatic rings. The van der Waals surface area contributed by atoms with Gasteiger partial charge in [0, 0.05) is 23.9 Å². The molecule has 8 heteroatoms. The molecular formula is C25H21ClFN5O. The minimum Gasteiger partial charge on any atom is -0.337 e. The first kappa shape index (κ1) is 21.4. The highest BCUT2D eigenvalue weighted by Gasteiger charge is 2.58. The van der Waals surface area contributed by atoms with Gasteiger partial charge in [-0.2, -0.15) is 0 Å². The summed E-state index contributed by atoms with van der Waals surface area (Å²) in [5.74, 6) is 6.79. The maximum Gasteiger partial charge on any atom is 0.247 e. The van der Waals surface area contributed by atoms with Crippen LogP contribution >= 0.6 is 11.6 Å². The number of anilines is 3. The highest BCUT2D eigenvalue weighted by Crippen LogP contribution is 2.56. The molecule has 1 saturated heterocycles. The Kier molecular flexibility index (Phi) is 5.28. The number of nitrogens with zero attached hydrogens (tertiary/aromatic N) is 3. The van der Waals surface area contributed by atoms with E-state index in [0.29, 0.717) is 33.9 Å². The molecule has 0 spiro atoms. The number of piperidine rings is 1. The molecule has 5 rings (SSSR count). The van der Waals surface area contributed by atoms with Crippen molar-refractivity contribution >= 4 is 45.6 Å². The van der Waals surface area contributed by atoms with Gasteiger partial charge in [0.1, 0.15) is 12.1 Å². The predicted octanol–water partition coefficient (Wildman–Crippen LogP) is 4.59. The van der Waals surface area contributed by atoms with Crippen LogP contribution in [0.4, 0.5) is 21.6 Å². The topological polar surface area (TPSA) is 70.1 Å². The second-order valence-electron chi connectivity index (χ2n) is 8.56. The molecule has 166 valence electrons. The van der Waals surface area contributed by atoms with Gasteiger partial charge in [-0.05, 0) is 49.7 Å². The fourth-order valence-electron chi connectivity index (χ4n) is 4.44. The van der Waals surface area contributed by atoms with Crippen molar-refractivity contribution in [1.82, 2.24) is 14.9 Å². The minimum atomic E-state index is -0.576. The van der Waals surface area contributed by atoms with Crippen molar-refractivity contribution in [3.8, 4) is 11.8 Å². The molecule has 1 aliphatic heterocycles. The van der Waals surface area contributed by atoms with Crippen LogP contribution in [0.2, 0.25) is 5.02 Å². The van der Waals surface area contributed by atoms with Gasteiger partial charge in [0.2, 0.25) is 5.91 Å². The Hall–Kier alpha value is -3.47. The third kappa shape index (κ3) is 4.04. The number of hydrogen-bond donors (Lipinski definition) is 2. The first-order chi connectivity index (χ1) is 15.9. The lowest BCUT2D eigenvalue weighted by molar-refractivity contribution is -0.111. The molecule has 2 N–H and O–H groups in total. The van der Waals surface area contributed by atoms with E-state index in [1.165, 1.54) is 18.5 Å². The molecule has 2 fully saturated rings. The van der Waals surface area contributed by atoms with Crippen LogP contribution in [-0.4, -0.2) is 40.9 Å². The molecule has 6 nitrogen and oxygen atoms in total. The summed E-state index contributed by atoms with van der Waals surface area (Å²) in [6, 6.07) is 8.24. The normalized spacial score (nSPS) is 21.1. The number of rotatable bonds is 4. The first-order valence-corrected chi connectivity index (χ1v) is 10.9. The van der Waals surface area contributed by atoms with Crippen LogP contribution in [0.25, 0.3) is 10.9 Å². The van der Waals surface area contributed by atoms with Gasteiger partial charge in [-0.3, -0.25) is 4.79 Å². The summed E-state index contributed by atoms with van der Waals surface area (Å²) < 4.78 is 14.4. The molecule has 2 aromatic carbocycles. The van der Waals surface area contributed by atoms with Gasteiger partial charge < -0.3 is 15.5 Å². The van der Waals surface area contributed by atoms with E-state index in [1.54, 1.807) is 18.2 Å². The molecule has 2 aliphatic rings. The van der Waals surface area contributed by atoms with Gasteiger partial charge in [0.05, 0.1) is 27.5 Å². The van der Waals surface area contributed by atoms with Crippen LogP contribution in [0.3, 0.4) is 0 Å². The average molecular weight is 462 g/mol. The van der Waals surface area contributed by atoms with Gasteiger partial charge in [0.25, 0.3) is 0 Å². The molecule has 1 saturated carbocycles. The van der Waals surface area contributed by atoms with Gasteiger partial charge in [-0.1, -0.05) is 36.1 Å². The molecule has 1 aliphatic carbocycles. The van der Waals surface area contributed by atoms with Crippen LogP contribution in [0.15, 0.2) is 49.3 Å². The van der Waals surface area contributed by atoms with Gasteiger partial charge in [-0.15, -0.1) is 0 Å². The third-order valence-electron chi connectivity index (χ3n) is 6.18. The van der Waals surface area contributed by atoms with Crippen LogP contribution in [0, 0.1) is 29.0 Å². The maximum absolute atomic E-state index is 14.4. The fraction of sp³-hybridized carbons (Fsp3) is 0.240. The smallest absolute Gasteiger partial charge is 0.247 e. The molecular weight excluding hydrogens is 441 g/mol. The number of aromatic nitrogens is 2. The summed E-state index contributed by atoms with van der Waals surface area (Å²) >= 11 is 5.91. The van der Waals surface area contributed by atoms with Crippen molar-refractivity contribution in [1.29, 1.82) is 0 Å². The van der Waals surface area contributed by atoms with Crippen LogP contribution in [0.1, 0.15) is 12.0 Å². The van der Waals surface area contributed by atoms with E-state index in [0.717, 1.165) is 19.5 Å². The molecule has 0 radical (unpaired) electrons. The molecule has 2 atom stereocenters. The van der Waals surface area contributed by atoms with E-state index in [1.807, 2.05) is 6.07 Å². The minimum absolute atomic E-state index is 0.00479. The fourth-order valence-corrected chi connectivity index (χ4v) is 4.62. The molecule has 2 unspecified atom stereocenters. The molecule has 33 heavy (non-hydrogen) atoms. The lowest BCUT2D eigenvalue weighted by Crippen LogP contribution is -2.19. The van der Waals surface area contributed by atoms with Crippen molar-refractivity contribution in [3.05, 3.63) is 65.7 Å². The Morgan fingerprint density at radius 3 is 2.97 bits per heavy atom. The molecule has 2 heterocycles. The number of carbonyl (C=O) groups excluding carboxylic acids is 1. The Labute approximate surface area is 195 Å². The number of benzene rings is 2. The van der Waals surface area contributed by atoms with Crippen molar-refractivity contribution in [2.24, 2.45) is 11.3 Å². The van der Waals surface area contributed by atoms with Crippen LogP contribution < -0.4 is 10.6 Å². The second-order valence-corrected chi connectivity index (χ2v) is 8.97. The SMILES string of the molecule is C=CC(=O)Nc1cc2c(Nc3cccc(Cl)c3F)ncnc2cc1C#CC12CC1CN(C)C2. The van der Waals surface area contributed by atoms with Crippen molar-refractivity contribution in [2.75, 3.05) is 30.8 Å². The Morgan fingerprint density at radius 2 is 2.21 bits per heavy atom. The number of fused-ring (bicyclic) bond motifs is 2. The summed E-state index contributed by atoms with van der Waals surface area (Å²) in [6.07, 6.45) is 3.70. The Morgan fingerprint density at radius 1 is 1.36 bits per heavy atom. The number of nitrogens with one attached hydrogen (secondary N) is 2. The van der Waals surface area contributed by atoms with Crippen molar-refractivity contribution in [3.63, 3.8) is 0 Å². The third-order valence-corrected chi connectivity index (χ3v) is 6.48. The van der Waals surface area contributed by atoms with Gasteiger partial charge in [-0.25, -0.2) is 14.4 Å². The van der Waals surface area contributed by atoms with Gasteiger partial charge >= 0.3 is 0 Å². The number of hydrogen-bond acceptors (Lipinski definition) is 5.